The Morgan fingerprint density at radius 2 is 1.73 bits per heavy atom. The van der Waals surface area contributed by atoms with Crippen molar-refractivity contribution in [2.45, 2.75) is 16.4 Å². The van der Waals surface area contributed by atoms with Gasteiger partial charge in [-0.1, -0.05) is 0 Å². The summed E-state index contributed by atoms with van der Waals surface area (Å²) in [7, 11) is -4.33. The molecule has 1 unspecified atom stereocenters. The fourth-order valence-electron chi connectivity index (χ4n) is 1.13. The van der Waals surface area contributed by atoms with Crippen LogP contribution in [-0.4, -0.2) is 18.6 Å². The number of rotatable bonds is 4. The summed E-state index contributed by atoms with van der Waals surface area (Å²) in [4.78, 5) is 1.76. The van der Waals surface area contributed by atoms with Crippen LogP contribution >= 0.6 is 0 Å². The van der Waals surface area contributed by atoms with Crippen molar-refractivity contribution in [3.05, 3.63) is 30.3 Å². The quantitative estimate of drug-likeness (QED) is 0.614. The third-order valence-electron chi connectivity index (χ3n) is 2.01. The molecule has 0 saturated carbocycles. The monoisotopic (exact) mass is 350 g/mol. The molecule has 0 aromatic heterocycles. The summed E-state index contributed by atoms with van der Waals surface area (Å²) < 4.78 is 38.0. The Morgan fingerprint density at radius 1 is 1.20 bits per heavy atom. The molecule has 0 aliphatic carbocycles. The molecule has 0 N–H and O–H groups in total. The van der Waals surface area contributed by atoms with E-state index >= 15 is 0 Å². The van der Waals surface area contributed by atoms with Crippen LogP contribution in [0.15, 0.2) is 30.3 Å². The molecule has 0 radical (unpaired) electrons. The van der Waals surface area contributed by atoms with Gasteiger partial charge in [0.05, 0.1) is 0 Å². The molecule has 15 heavy (non-hydrogen) atoms. The van der Waals surface area contributed by atoms with E-state index in [2.05, 4.69) is 0 Å². The van der Waals surface area contributed by atoms with Gasteiger partial charge in [-0.25, -0.2) is 0 Å². The van der Waals surface area contributed by atoms with E-state index in [9.17, 15) is 14.0 Å². The predicted octanol–water partition coefficient (Wildman–Crippen LogP) is -1.60. The van der Waals surface area contributed by atoms with Crippen molar-refractivity contribution in [1.29, 1.82) is 0 Å². The van der Waals surface area contributed by atoms with Crippen LogP contribution in [0, 0.1) is 10.2 Å². The van der Waals surface area contributed by atoms with E-state index in [0.29, 0.717) is 4.47 Å². The minimum absolute atomic E-state index is 0.584. The Labute approximate surface area is 95.6 Å². The average molecular weight is 348 g/mol. The summed E-state index contributed by atoms with van der Waals surface area (Å²) in [6, 6.07) is 9.09. The third kappa shape index (κ3) is 3.89. The second kappa shape index (κ2) is 4.98. The van der Waals surface area contributed by atoms with E-state index in [1.54, 1.807) is 4.97 Å². The zero-order valence-electron chi connectivity index (χ0n) is 8.51. The average Bonchev–Trinajstić information content (AvgIpc) is 2.16. The van der Waals surface area contributed by atoms with Gasteiger partial charge in [-0.05, 0) is 0 Å². The van der Waals surface area contributed by atoms with Crippen molar-refractivity contribution >= 4 is 22.2 Å². The number of benzene rings is 1. The zero-order chi connectivity index (χ0) is 11.5. The molecule has 1 atom stereocenters. The van der Waals surface area contributed by atoms with Gasteiger partial charge in [-0.15, -0.1) is 0 Å². The topological polar surface area (TPSA) is 78.4 Å². The molecule has 6 heteroatoms. The number of halogens is 1. The minimum atomic E-state index is -4.33. The summed E-state index contributed by atoms with van der Waals surface area (Å²) in [6.07, 6.45) is 0. The van der Waals surface area contributed by atoms with E-state index in [1.807, 2.05) is 37.3 Å². The molecule has 0 spiro atoms. The molecule has 0 amide bonds. The second-order valence-electron chi connectivity index (χ2n) is 3.05. The first-order chi connectivity index (χ1) is 6.87. The first kappa shape index (κ1) is 13.2. The van der Waals surface area contributed by atoms with Crippen LogP contribution in [0.25, 0.3) is 0 Å². The summed E-state index contributed by atoms with van der Waals surface area (Å²) in [5.41, 5.74) is 0. The van der Waals surface area contributed by atoms with Crippen molar-refractivity contribution < 1.29 is 26.9 Å². The standard InChI is InChI=1S/C9H13ClO4Te/c1-3-15(2,14-10(11,12)13)9-7-5-4-6-8-9/h4-8H,3H2,1-2H3. The van der Waals surface area contributed by atoms with Crippen molar-refractivity contribution in [1.82, 2.24) is 0 Å². The number of hydrogen-bond donors (Lipinski definition) is 0. The maximum atomic E-state index is 10.6. The van der Waals surface area contributed by atoms with Gasteiger partial charge in [0.15, 0.2) is 0 Å². The van der Waals surface area contributed by atoms with Crippen molar-refractivity contribution in [2.75, 3.05) is 0 Å². The SMILES string of the molecule is CC[Te](C)(O[Cl+3]([O-])([O-])[O-])c1ccccc1. The van der Waals surface area contributed by atoms with Crippen molar-refractivity contribution in [3.63, 3.8) is 0 Å². The van der Waals surface area contributed by atoms with Gasteiger partial charge >= 0.3 is 95.8 Å². The van der Waals surface area contributed by atoms with Crippen molar-refractivity contribution in [3.8, 4) is 0 Å². The first-order valence-electron chi connectivity index (χ1n) is 4.30. The molecule has 0 aliphatic rings. The Balaban J connectivity index is 2.96. The number of hydrogen-bond acceptors (Lipinski definition) is 4. The van der Waals surface area contributed by atoms with Crippen LogP contribution in [0.2, 0.25) is 9.44 Å². The van der Waals surface area contributed by atoms with E-state index in [4.69, 9.17) is 2.65 Å². The van der Waals surface area contributed by atoms with Gasteiger partial charge in [-0.3, -0.25) is 0 Å². The Kier molecular flexibility index (Phi) is 4.38. The molecule has 1 aromatic rings. The molecular formula is C9H13ClO4Te. The normalized spacial score (nSPS) is 18.2. The molecule has 0 heterocycles. The van der Waals surface area contributed by atoms with Crippen LogP contribution in [0.5, 0.6) is 0 Å². The summed E-state index contributed by atoms with van der Waals surface area (Å²) in [5, 5.41) is 0. The Hall–Kier alpha value is 0.140. The van der Waals surface area contributed by atoms with Gasteiger partial charge in [-0.2, -0.15) is 0 Å². The van der Waals surface area contributed by atoms with Gasteiger partial charge in [0.2, 0.25) is 0 Å². The molecule has 1 rings (SSSR count). The Morgan fingerprint density at radius 3 is 2.13 bits per heavy atom. The Bertz CT molecular complexity index is 314. The van der Waals surface area contributed by atoms with Gasteiger partial charge < -0.3 is 0 Å². The molecule has 0 aliphatic heterocycles. The zero-order valence-corrected chi connectivity index (χ0v) is 11.6. The van der Waals surface area contributed by atoms with Gasteiger partial charge in [0, 0.05) is 0 Å². The first-order valence-corrected chi connectivity index (χ1v) is 11.6. The molecule has 1 aromatic carbocycles. The van der Waals surface area contributed by atoms with E-state index in [0.717, 1.165) is 3.61 Å². The van der Waals surface area contributed by atoms with E-state index in [-0.39, 0.29) is 0 Å². The third-order valence-corrected chi connectivity index (χ3v) is 12.9. The van der Waals surface area contributed by atoms with Gasteiger partial charge in [0.1, 0.15) is 0 Å². The summed E-state index contributed by atoms with van der Waals surface area (Å²) in [5.74, 6) is 0. The van der Waals surface area contributed by atoms with Crippen LogP contribution in [0.1, 0.15) is 6.92 Å². The molecule has 0 fully saturated rings. The van der Waals surface area contributed by atoms with Crippen LogP contribution in [0.4, 0.5) is 0 Å². The van der Waals surface area contributed by atoms with Crippen LogP contribution in [-0.2, 0) is 2.65 Å². The maximum absolute atomic E-state index is 10.6. The molecule has 0 saturated heterocycles. The summed E-state index contributed by atoms with van der Waals surface area (Å²) >= 11 is -3.22. The predicted molar refractivity (Wildman–Crippen MR) is 49.3 cm³/mol. The fourth-order valence-corrected chi connectivity index (χ4v) is 8.97. The van der Waals surface area contributed by atoms with E-state index < -0.39 is 28.8 Å². The fraction of sp³-hybridized carbons (Fsp3) is 0.333. The van der Waals surface area contributed by atoms with Gasteiger partial charge in [0.25, 0.3) is 0 Å². The second-order valence-corrected chi connectivity index (χ2v) is 13.7. The van der Waals surface area contributed by atoms with Crippen LogP contribution < -0.4 is 17.6 Å². The molecule has 86 valence electrons. The van der Waals surface area contributed by atoms with E-state index in [1.165, 1.54) is 0 Å². The molecule has 4 nitrogen and oxygen atoms in total. The van der Waals surface area contributed by atoms with Crippen LogP contribution in [0.3, 0.4) is 0 Å². The van der Waals surface area contributed by atoms with Crippen molar-refractivity contribution in [2.24, 2.45) is 0 Å². The summed E-state index contributed by atoms with van der Waals surface area (Å²) in [6.45, 7) is 1.84. The molecule has 0 bridgehead atoms. The molecular weight excluding hydrogens is 335 g/mol.